The second-order valence-electron chi connectivity index (χ2n) is 3.17. The van der Waals surface area contributed by atoms with Gasteiger partial charge in [0.2, 0.25) is 0 Å². The lowest BCUT2D eigenvalue weighted by molar-refractivity contribution is 0.811. The SMILES string of the molecule is C=C1[CH]CC(=C(C)C)CC1. The fourth-order valence-corrected chi connectivity index (χ4v) is 1.24. The third kappa shape index (κ3) is 1.73. The maximum Gasteiger partial charge on any atom is -0.00999 e. The Bertz CT molecular complexity index is 156. The lowest BCUT2D eigenvalue weighted by Crippen LogP contribution is -1.98. The molecule has 0 aromatic rings. The monoisotopic (exact) mass is 135 g/mol. The molecule has 1 aliphatic rings. The molecule has 55 valence electrons. The molecule has 0 aromatic carbocycles. The van der Waals surface area contributed by atoms with Gasteiger partial charge in [-0.2, -0.15) is 0 Å². The minimum atomic E-state index is 1.14. The van der Waals surface area contributed by atoms with Crippen molar-refractivity contribution in [3.63, 3.8) is 0 Å². The smallest absolute Gasteiger partial charge is 0.00999 e. The highest BCUT2D eigenvalue weighted by atomic mass is 14.1. The summed E-state index contributed by atoms with van der Waals surface area (Å²) < 4.78 is 0. The minimum absolute atomic E-state index is 1.14. The number of allylic oxidation sites excluding steroid dienone is 3. The molecule has 0 atom stereocenters. The standard InChI is InChI=1S/C10H15/c1-8(2)10-6-4-9(3)5-7-10/h4H,3,5-7H2,1-2H3. The van der Waals surface area contributed by atoms with E-state index in [1.165, 1.54) is 24.0 Å². The molecular weight excluding hydrogens is 120 g/mol. The molecule has 1 fully saturated rings. The Morgan fingerprint density at radius 3 is 2.50 bits per heavy atom. The zero-order valence-electron chi connectivity index (χ0n) is 6.91. The van der Waals surface area contributed by atoms with Crippen LogP contribution in [0.1, 0.15) is 33.1 Å². The van der Waals surface area contributed by atoms with Gasteiger partial charge in [0.15, 0.2) is 0 Å². The van der Waals surface area contributed by atoms with Crippen LogP contribution in [-0.2, 0) is 0 Å². The van der Waals surface area contributed by atoms with Crippen molar-refractivity contribution in [2.45, 2.75) is 33.1 Å². The van der Waals surface area contributed by atoms with Crippen molar-refractivity contribution in [3.8, 4) is 0 Å². The van der Waals surface area contributed by atoms with Crippen LogP contribution in [0.15, 0.2) is 23.3 Å². The summed E-state index contributed by atoms with van der Waals surface area (Å²) in [5.74, 6) is 0. The third-order valence-corrected chi connectivity index (χ3v) is 2.09. The molecule has 0 unspecified atom stereocenters. The van der Waals surface area contributed by atoms with Gasteiger partial charge in [-0.25, -0.2) is 0 Å². The van der Waals surface area contributed by atoms with Crippen LogP contribution in [0.3, 0.4) is 0 Å². The topological polar surface area (TPSA) is 0 Å². The summed E-state index contributed by atoms with van der Waals surface area (Å²) in [6, 6.07) is 0. The molecule has 0 bridgehead atoms. The van der Waals surface area contributed by atoms with Gasteiger partial charge < -0.3 is 0 Å². The normalized spacial score (nSPS) is 19.4. The van der Waals surface area contributed by atoms with E-state index in [4.69, 9.17) is 0 Å². The summed E-state index contributed by atoms with van der Waals surface area (Å²) in [7, 11) is 0. The van der Waals surface area contributed by atoms with Crippen LogP contribution in [-0.4, -0.2) is 0 Å². The molecule has 0 aliphatic heterocycles. The molecule has 1 aliphatic carbocycles. The van der Waals surface area contributed by atoms with E-state index in [0.717, 1.165) is 6.42 Å². The summed E-state index contributed by atoms with van der Waals surface area (Å²) in [6.07, 6.45) is 5.78. The van der Waals surface area contributed by atoms with Crippen LogP contribution in [0.2, 0.25) is 0 Å². The molecule has 0 N–H and O–H groups in total. The molecule has 1 radical (unpaired) electrons. The Morgan fingerprint density at radius 1 is 1.40 bits per heavy atom. The van der Waals surface area contributed by atoms with Crippen LogP contribution < -0.4 is 0 Å². The van der Waals surface area contributed by atoms with Crippen molar-refractivity contribution < 1.29 is 0 Å². The second kappa shape index (κ2) is 3.05. The van der Waals surface area contributed by atoms with Gasteiger partial charge in [0.1, 0.15) is 0 Å². The van der Waals surface area contributed by atoms with Gasteiger partial charge in [-0.1, -0.05) is 23.3 Å². The summed E-state index contributed by atoms with van der Waals surface area (Å²) in [6.45, 7) is 8.31. The Morgan fingerprint density at radius 2 is 2.10 bits per heavy atom. The predicted octanol–water partition coefficient (Wildman–Crippen LogP) is 3.27. The molecule has 0 heterocycles. The first-order chi connectivity index (χ1) is 4.70. The summed E-state index contributed by atoms with van der Waals surface area (Å²) >= 11 is 0. The van der Waals surface area contributed by atoms with E-state index >= 15 is 0 Å². The van der Waals surface area contributed by atoms with Crippen molar-refractivity contribution in [1.29, 1.82) is 0 Å². The van der Waals surface area contributed by atoms with E-state index in [0.29, 0.717) is 0 Å². The van der Waals surface area contributed by atoms with Gasteiger partial charge >= 0.3 is 0 Å². The van der Waals surface area contributed by atoms with Gasteiger partial charge in [0.05, 0.1) is 0 Å². The average Bonchev–Trinajstić information content (AvgIpc) is 1.88. The third-order valence-electron chi connectivity index (χ3n) is 2.09. The van der Waals surface area contributed by atoms with Crippen LogP contribution in [0.5, 0.6) is 0 Å². The molecule has 0 aromatic heterocycles. The molecule has 0 saturated heterocycles. The van der Waals surface area contributed by atoms with Gasteiger partial charge in [-0.15, -0.1) is 0 Å². The van der Waals surface area contributed by atoms with E-state index < -0.39 is 0 Å². The zero-order chi connectivity index (χ0) is 7.56. The first kappa shape index (κ1) is 7.59. The highest BCUT2D eigenvalue weighted by Crippen LogP contribution is 2.27. The van der Waals surface area contributed by atoms with Gasteiger partial charge in [0.25, 0.3) is 0 Å². The Labute approximate surface area is 63.6 Å². The number of hydrogen-bond acceptors (Lipinski definition) is 0. The maximum absolute atomic E-state index is 3.93. The summed E-state index contributed by atoms with van der Waals surface area (Å²) in [5.41, 5.74) is 4.40. The van der Waals surface area contributed by atoms with Crippen molar-refractivity contribution >= 4 is 0 Å². The second-order valence-corrected chi connectivity index (χ2v) is 3.17. The molecular formula is C10H15. The van der Waals surface area contributed by atoms with E-state index in [1.54, 1.807) is 5.57 Å². The fourth-order valence-electron chi connectivity index (χ4n) is 1.24. The highest BCUT2D eigenvalue weighted by Gasteiger charge is 2.08. The quantitative estimate of drug-likeness (QED) is 0.447. The highest BCUT2D eigenvalue weighted by molar-refractivity contribution is 5.25. The van der Waals surface area contributed by atoms with E-state index in [2.05, 4.69) is 26.8 Å². The molecule has 1 rings (SSSR count). The molecule has 0 nitrogen and oxygen atoms in total. The zero-order valence-corrected chi connectivity index (χ0v) is 6.91. The van der Waals surface area contributed by atoms with Crippen LogP contribution in [0.4, 0.5) is 0 Å². The molecule has 10 heavy (non-hydrogen) atoms. The first-order valence-corrected chi connectivity index (χ1v) is 3.86. The predicted molar refractivity (Wildman–Crippen MR) is 45.7 cm³/mol. The summed E-state index contributed by atoms with van der Waals surface area (Å²) in [5, 5.41) is 0. The van der Waals surface area contributed by atoms with Crippen LogP contribution in [0.25, 0.3) is 0 Å². The first-order valence-electron chi connectivity index (χ1n) is 3.86. The van der Waals surface area contributed by atoms with Crippen LogP contribution in [0, 0.1) is 6.42 Å². The van der Waals surface area contributed by atoms with Gasteiger partial charge in [-0.05, 0) is 39.5 Å². The van der Waals surface area contributed by atoms with E-state index in [9.17, 15) is 0 Å². The Kier molecular flexibility index (Phi) is 2.31. The number of rotatable bonds is 0. The largest absolute Gasteiger partial charge is 0.0995 e. The maximum atomic E-state index is 3.93. The molecule has 0 amide bonds. The Hall–Kier alpha value is -0.520. The molecule has 0 heteroatoms. The molecule has 1 saturated carbocycles. The minimum Gasteiger partial charge on any atom is -0.0995 e. The van der Waals surface area contributed by atoms with Crippen molar-refractivity contribution in [1.82, 2.24) is 0 Å². The molecule has 0 spiro atoms. The summed E-state index contributed by atoms with van der Waals surface area (Å²) in [4.78, 5) is 0. The van der Waals surface area contributed by atoms with E-state index in [-0.39, 0.29) is 0 Å². The van der Waals surface area contributed by atoms with Gasteiger partial charge in [-0.3, -0.25) is 0 Å². The number of hydrogen-bond donors (Lipinski definition) is 0. The lowest BCUT2D eigenvalue weighted by Gasteiger charge is -2.17. The Balaban J connectivity index is 2.56. The average molecular weight is 135 g/mol. The lowest BCUT2D eigenvalue weighted by atomic mass is 9.89. The fraction of sp³-hybridized carbons (Fsp3) is 0.500. The van der Waals surface area contributed by atoms with Gasteiger partial charge in [0, 0.05) is 0 Å². The van der Waals surface area contributed by atoms with E-state index in [1.807, 2.05) is 0 Å². The van der Waals surface area contributed by atoms with Crippen molar-refractivity contribution in [3.05, 3.63) is 29.7 Å². The van der Waals surface area contributed by atoms with Crippen LogP contribution >= 0.6 is 0 Å². The van der Waals surface area contributed by atoms with Crippen molar-refractivity contribution in [2.24, 2.45) is 0 Å². The van der Waals surface area contributed by atoms with Crippen molar-refractivity contribution in [2.75, 3.05) is 0 Å².